The number of rotatable bonds is 18. The van der Waals surface area contributed by atoms with Crippen LogP contribution in [0, 0.1) is 0 Å². The fourth-order valence-corrected chi connectivity index (χ4v) is 2.93. The molecule has 0 aromatic carbocycles. The van der Waals surface area contributed by atoms with Crippen molar-refractivity contribution in [3.8, 4) is 0 Å². The molecule has 0 radical (unpaired) electrons. The zero-order chi connectivity index (χ0) is 18.8. The predicted octanol–water partition coefficient (Wildman–Crippen LogP) is 4.10. The van der Waals surface area contributed by atoms with Crippen LogP contribution in [0.5, 0.6) is 0 Å². The Bertz CT molecular complexity index is 294. The van der Waals surface area contributed by atoms with E-state index in [0.717, 1.165) is 44.9 Å². The van der Waals surface area contributed by atoms with Crippen molar-refractivity contribution < 1.29 is 20.4 Å². The highest BCUT2D eigenvalue weighted by Gasteiger charge is 2.13. The van der Waals surface area contributed by atoms with Gasteiger partial charge in [-0.2, -0.15) is 0 Å². The summed E-state index contributed by atoms with van der Waals surface area (Å²) in [6.07, 6.45) is 17.3. The second-order valence-electron chi connectivity index (χ2n) is 7.23. The molecular formula is C21H42O4. The number of hydrogen-bond acceptors (Lipinski definition) is 4. The van der Waals surface area contributed by atoms with E-state index in [0.29, 0.717) is 6.42 Å². The Balaban J connectivity index is 3.32. The van der Waals surface area contributed by atoms with E-state index >= 15 is 0 Å². The van der Waals surface area contributed by atoms with E-state index in [-0.39, 0.29) is 12.7 Å². The fourth-order valence-electron chi connectivity index (χ4n) is 2.93. The largest absolute Gasteiger partial charge is 0.394 e. The second-order valence-corrected chi connectivity index (χ2v) is 7.23. The van der Waals surface area contributed by atoms with Gasteiger partial charge in [0.05, 0.1) is 18.8 Å². The molecule has 3 atom stereocenters. The minimum atomic E-state index is -0.998. The minimum absolute atomic E-state index is 0.173. The van der Waals surface area contributed by atoms with Gasteiger partial charge in [-0.1, -0.05) is 76.9 Å². The number of aliphatic hydroxyl groups excluding tert-OH is 4. The van der Waals surface area contributed by atoms with Crippen LogP contribution in [-0.4, -0.2) is 45.3 Å². The highest BCUT2D eigenvalue weighted by atomic mass is 16.4. The van der Waals surface area contributed by atoms with Gasteiger partial charge in [0, 0.05) is 0 Å². The summed E-state index contributed by atoms with van der Waals surface area (Å²) in [6, 6.07) is 0. The fraction of sp³-hybridized carbons (Fsp3) is 0.905. The third-order valence-corrected chi connectivity index (χ3v) is 4.72. The molecular weight excluding hydrogens is 316 g/mol. The molecule has 25 heavy (non-hydrogen) atoms. The molecule has 2 unspecified atom stereocenters. The van der Waals surface area contributed by atoms with Crippen LogP contribution in [0.4, 0.5) is 0 Å². The van der Waals surface area contributed by atoms with Gasteiger partial charge >= 0.3 is 0 Å². The number of unbranched alkanes of at least 4 members (excludes halogenated alkanes) is 9. The lowest BCUT2D eigenvalue weighted by molar-refractivity contribution is -0.0185. The monoisotopic (exact) mass is 358 g/mol. The molecule has 4 heteroatoms. The summed E-state index contributed by atoms with van der Waals surface area (Å²) in [5.74, 6) is 0. The highest BCUT2D eigenvalue weighted by molar-refractivity contribution is 4.84. The van der Waals surface area contributed by atoms with E-state index in [4.69, 9.17) is 5.11 Å². The summed E-state index contributed by atoms with van der Waals surface area (Å²) >= 11 is 0. The summed E-state index contributed by atoms with van der Waals surface area (Å²) < 4.78 is 0. The Labute approximate surface area is 155 Å². The zero-order valence-corrected chi connectivity index (χ0v) is 16.3. The minimum Gasteiger partial charge on any atom is -0.394 e. The molecule has 0 bridgehead atoms. The van der Waals surface area contributed by atoms with Gasteiger partial charge in [0.25, 0.3) is 0 Å². The Kier molecular flexibility index (Phi) is 18.1. The first kappa shape index (κ1) is 24.6. The third kappa shape index (κ3) is 16.8. The first-order valence-corrected chi connectivity index (χ1v) is 10.4. The lowest BCUT2D eigenvalue weighted by atomic mass is 10.0. The molecule has 0 amide bonds. The van der Waals surface area contributed by atoms with E-state index in [1.165, 1.54) is 38.5 Å². The SMILES string of the molecule is CCCCCC[C@@H](O)C/C=C\CCCCCCCCC(O)C(O)CO. The van der Waals surface area contributed by atoms with Gasteiger partial charge < -0.3 is 20.4 Å². The number of aliphatic hydroxyl groups is 4. The average Bonchev–Trinajstić information content (AvgIpc) is 2.62. The Morgan fingerprint density at radius 1 is 0.680 bits per heavy atom. The van der Waals surface area contributed by atoms with E-state index in [1.54, 1.807) is 0 Å². The number of allylic oxidation sites excluding steroid dienone is 1. The van der Waals surface area contributed by atoms with Gasteiger partial charge in [-0.15, -0.1) is 0 Å². The van der Waals surface area contributed by atoms with Crippen molar-refractivity contribution in [1.82, 2.24) is 0 Å². The molecule has 0 saturated heterocycles. The zero-order valence-electron chi connectivity index (χ0n) is 16.3. The number of hydrogen-bond donors (Lipinski definition) is 4. The highest BCUT2D eigenvalue weighted by Crippen LogP contribution is 2.12. The molecule has 4 nitrogen and oxygen atoms in total. The molecule has 0 fully saturated rings. The molecule has 0 spiro atoms. The van der Waals surface area contributed by atoms with Gasteiger partial charge in [0.2, 0.25) is 0 Å². The quantitative estimate of drug-likeness (QED) is 0.220. The van der Waals surface area contributed by atoms with Crippen LogP contribution in [-0.2, 0) is 0 Å². The molecule has 0 aliphatic rings. The maximum atomic E-state index is 9.86. The van der Waals surface area contributed by atoms with Crippen molar-refractivity contribution in [2.75, 3.05) is 6.61 Å². The van der Waals surface area contributed by atoms with Crippen LogP contribution in [0.25, 0.3) is 0 Å². The summed E-state index contributed by atoms with van der Waals surface area (Å²) in [7, 11) is 0. The van der Waals surface area contributed by atoms with Crippen LogP contribution in [0.2, 0.25) is 0 Å². The first-order valence-electron chi connectivity index (χ1n) is 10.4. The van der Waals surface area contributed by atoms with Crippen LogP contribution in [0.3, 0.4) is 0 Å². The Morgan fingerprint density at radius 3 is 1.96 bits per heavy atom. The summed E-state index contributed by atoms with van der Waals surface area (Å²) in [4.78, 5) is 0. The van der Waals surface area contributed by atoms with Gasteiger partial charge in [-0.05, 0) is 32.1 Å². The van der Waals surface area contributed by atoms with Crippen LogP contribution >= 0.6 is 0 Å². The molecule has 0 saturated carbocycles. The predicted molar refractivity (Wildman–Crippen MR) is 105 cm³/mol. The topological polar surface area (TPSA) is 80.9 Å². The van der Waals surface area contributed by atoms with Crippen molar-refractivity contribution in [3.63, 3.8) is 0 Å². The maximum Gasteiger partial charge on any atom is 0.103 e. The molecule has 0 aromatic rings. The lowest BCUT2D eigenvalue weighted by Crippen LogP contribution is -2.28. The molecule has 4 N–H and O–H groups in total. The second kappa shape index (κ2) is 18.4. The Hall–Kier alpha value is -0.420. The normalized spacial score (nSPS) is 15.6. The van der Waals surface area contributed by atoms with Gasteiger partial charge in [0.15, 0.2) is 0 Å². The lowest BCUT2D eigenvalue weighted by Gasteiger charge is -2.14. The maximum absolute atomic E-state index is 9.86. The van der Waals surface area contributed by atoms with Crippen LogP contribution < -0.4 is 0 Å². The van der Waals surface area contributed by atoms with E-state index in [2.05, 4.69) is 19.1 Å². The standard InChI is InChI=1S/C21H42O4/c1-2-3-4-12-15-19(23)16-13-10-8-6-5-7-9-11-14-17-20(24)21(25)18-22/h10,13,19-25H,2-9,11-12,14-18H2,1H3/b13-10-/t19-,20?,21?/m1/s1. The summed E-state index contributed by atoms with van der Waals surface area (Å²) in [5.41, 5.74) is 0. The van der Waals surface area contributed by atoms with Crippen molar-refractivity contribution in [2.24, 2.45) is 0 Å². The summed E-state index contributed by atoms with van der Waals surface area (Å²) in [6.45, 7) is 1.83. The molecule has 0 aliphatic carbocycles. The van der Waals surface area contributed by atoms with Crippen LogP contribution in [0.1, 0.15) is 96.8 Å². The van der Waals surface area contributed by atoms with Crippen molar-refractivity contribution in [2.45, 2.75) is 115 Å². The van der Waals surface area contributed by atoms with Crippen molar-refractivity contribution in [3.05, 3.63) is 12.2 Å². The van der Waals surface area contributed by atoms with Crippen molar-refractivity contribution in [1.29, 1.82) is 0 Å². The average molecular weight is 359 g/mol. The molecule has 0 aliphatic heterocycles. The van der Waals surface area contributed by atoms with Gasteiger partial charge in [-0.25, -0.2) is 0 Å². The molecule has 0 heterocycles. The first-order chi connectivity index (χ1) is 12.1. The van der Waals surface area contributed by atoms with Crippen molar-refractivity contribution >= 4 is 0 Å². The van der Waals surface area contributed by atoms with Gasteiger partial charge in [-0.3, -0.25) is 0 Å². The molecule has 0 aromatic heterocycles. The van der Waals surface area contributed by atoms with Gasteiger partial charge in [0.1, 0.15) is 6.10 Å². The smallest absolute Gasteiger partial charge is 0.103 e. The Morgan fingerprint density at radius 2 is 1.28 bits per heavy atom. The van der Waals surface area contributed by atoms with E-state index in [9.17, 15) is 15.3 Å². The van der Waals surface area contributed by atoms with Crippen LogP contribution in [0.15, 0.2) is 12.2 Å². The summed E-state index contributed by atoms with van der Waals surface area (Å²) in [5, 5.41) is 37.3. The molecule has 0 rings (SSSR count). The third-order valence-electron chi connectivity index (χ3n) is 4.72. The van der Waals surface area contributed by atoms with E-state index in [1.807, 2.05) is 0 Å². The molecule has 150 valence electrons. The van der Waals surface area contributed by atoms with E-state index < -0.39 is 12.2 Å².